The fourth-order valence-electron chi connectivity index (χ4n) is 1.63. The molecule has 1 atom stereocenters. The molecule has 0 radical (unpaired) electrons. The van der Waals surface area contributed by atoms with Crippen LogP contribution in [0.15, 0.2) is 30.3 Å². The number of thiazole rings is 1. The molecule has 1 amide bonds. The third kappa shape index (κ3) is 3.03. The van der Waals surface area contributed by atoms with Crippen molar-refractivity contribution in [2.24, 2.45) is 5.73 Å². The van der Waals surface area contributed by atoms with Crippen LogP contribution in [0.4, 0.5) is 0 Å². The summed E-state index contributed by atoms with van der Waals surface area (Å²) in [7, 11) is 0. The molecule has 0 saturated carbocycles. The molecule has 2 rings (SSSR count). The average molecular weight is 290 g/mol. The van der Waals surface area contributed by atoms with Gasteiger partial charge in [-0.2, -0.15) is 0 Å². The van der Waals surface area contributed by atoms with E-state index < -0.39 is 18.0 Å². The van der Waals surface area contributed by atoms with E-state index in [-0.39, 0.29) is 0 Å². The molecule has 1 aromatic carbocycles. The van der Waals surface area contributed by atoms with Gasteiger partial charge in [-0.15, -0.1) is 11.3 Å². The van der Waals surface area contributed by atoms with Crippen molar-refractivity contribution in [3.63, 3.8) is 0 Å². The number of hydrogen-bond donors (Lipinski definition) is 1. The third-order valence-electron chi connectivity index (χ3n) is 2.65. The molecule has 104 valence electrons. The number of benzene rings is 1. The Morgan fingerprint density at radius 2 is 1.95 bits per heavy atom. The van der Waals surface area contributed by atoms with Crippen molar-refractivity contribution in [1.29, 1.82) is 0 Å². The van der Waals surface area contributed by atoms with E-state index in [1.807, 2.05) is 37.3 Å². The quantitative estimate of drug-likeness (QED) is 0.875. The highest BCUT2D eigenvalue weighted by atomic mass is 32.1. The molecule has 0 bridgehead atoms. The summed E-state index contributed by atoms with van der Waals surface area (Å²) in [5, 5.41) is 0.752. The highest BCUT2D eigenvalue weighted by Gasteiger charge is 2.22. The van der Waals surface area contributed by atoms with Gasteiger partial charge in [0, 0.05) is 5.56 Å². The Hall–Kier alpha value is -2.21. The van der Waals surface area contributed by atoms with Gasteiger partial charge in [-0.1, -0.05) is 30.3 Å². The minimum Gasteiger partial charge on any atom is -0.448 e. The number of hydrogen-bond acceptors (Lipinski definition) is 5. The SMILES string of the molecule is Cc1nc(-c2ccccc2)c(C(=O)O[C@@H](C)C(N)=O)s1. The first kappa shape index (κ1) is 14.2. The van der Waals surface area contributed by atoms with Gasteiger partial charge >= 0.3 is 5.97 Å². The van der Waals surface area contributed by atoms with Crippen LogP contribution in [-0.4, -0.2) is 23.0 Å². The maximum atomic E-state index is 12.1. The predicted molar refractivity (Wildman–Crippen MR) is 76.4 cm³/mol. The van der Waals surface area contributed by atoms with Crippen LogP contribution in [0.2, 0.25) is 0 Å². The molecule has 20 heavy (non-hydrogen) atoms. The molecule has 0 saturated heterocycles. The van der Waals surface area contributed by atoms with E-state index in [0.29, 0.717) is 10.6 Å². The van der Waals surface area contributed by atoms with E-state index in [2.05, 4.69) is 4.98 Å². The Morgan fingerprint density at radius 1 is 1.30 bits per heavy atom. The number of esters is 1. The highest BCUT2D eigenvalue weighted by molar-refractivity contribution is 7.14. The summed E-state index contributed by atoms with van der Waals surface area (Å²) in [5.41, 5.74) is 6.48. The third-order valence-corrected chi connectivity index (χ3v) is 3.60. The molecule has 6 heteroatoms. The summed E-state index contributed by atoms with van der Waals surface area (Å²) >= 11 is 1.23. The van der Waals surface area contributed by atoms with E-state index in [1.54, 1.807) is 0 Å². The van der Waals surface area contributed by atoms with Crippen LogP contribution in [0.3, 0.4) is 0 Å². The molecule has 0 aliphatic rings. The minimum absolute atomic E-state index is 0.377. The number of rotatable bonds is 4. The van der Waals surface area contributed by atoms with Gasteiger partial charge in [0.2, 0.25) is 0 Å². The monoisotopic (exact) mass is 290 g/mol. The summed E-state index contributed by atoms with van der Waals surface area (Å²) in [6, 6.07) is 9.35. The second-order valence-electron chi connectivity index (χ2n) is 4.23. The fraction of sp³-hybridized carbons (Fsp3) is 0.214. The first-order chi connectivity index (χ1) is 9.49. The second-order valence-corrected chi connectivity index (χ2v) is 5.43. The minimum atomic E-state index is -0.964. The largest absolute Gasteiger partial charge is 0.448 e. The van der Waals surface area contributed by atoms with E-state index in [9.17, 15) is 9.59 Å². The topological polar surface area (TPSA) is 82.3 Å². The lowest BCUT2D eigenvalue weighted by atomic mass is 10.1. The number of nitrogens with two attached hydrogens (primary N) is 1. The van der Waals surface area contributed by atoms with Gasteiger partial charge in [-0.05, 0) is 13.8 Å². The Bertz CT molecular complexity index is 637. The molecular weight excluding hydrogens is 276 g/mol. The lowest BCUT2D eigenvalue weighted by molar-refractivity contribution is -0.125. The molecule has 2 N–H and O–H groups in total. The van der Waals surface area contributed by atoms with Crippen molar-refractivity contribution in [2.45, 2.75) is 20.0 Å². The van der Waals surface area contributed by atoms with Crippen LogP contribution in [0, 0.1) is 6.92 Å². The van der Waals surface area contributed by atoms with Gasteiger partial charge in [0.05, 0.1) is 10.7 Å². The van der Waals surface area contributed by atoms with E-state index in [0.717, 1.165) is 10.6 Å². The number of ether oxygens (including phenoxy) is 1. The number of amides is 1. The molecule has 1 heterocycles. The van der Waals surface area contributed by atoms with Crippen molar-refractivity contribution in [3.8, 4) is 11.3 Å². The zero-order valence-electron chi connectivity index (χ0n) is 11.1. The summed E-state index contributed by atoms with van der Waals surface area (Å²) < 4.78 is 5.03. The highest BCUT2D eigenvalue weighted by Crippen LogP contribution is 2.28. The van der Waals surface area contributed by atoms with Crippen LogP contribution in [-0.2, 0) is 9.53 Å². The molecule has 2 aromatic rings. The maximum absolute atomic E-state index is 12.1. The second kappa shape index (κ2) is 5.83. The average Bonchev–Trinajstić information content (AvgIpc) is 2.81. The van der Waals surface area contributed by atoms with Crippen LogP contribution in [0.1, 0.15) is 21.6 Å². The molecular formula is C14H14N2O3S. The molecule has 0 fully saturated rings. The van der Waals surface area contributed by atoms with Crippen molar-refractivity contribution < 1.29 is 14.3 Å². The Morgan fingerprint density at radius 3 is 2.55 bits per heavy atom. The number of carbonyl (C=O) groups is 2. The standard InChI is InChI=1S/C14H14N2O3S/c1-8(13(15)17)19-14(18)12-11(16-9(2)20-12)10-6-4-3-5-7-10/h3-8H,1-2H3,(H2,15,17)/t8-/m0/s1. The fourth-order valence-corrected chi connectivity index (χ4v) is 2.45. The molecule has 0 spiro atoms. The van der Waals surface area contributed by atoms with Gasteiger partial charge in [0.25, 0.3) is 5.91 Å². The van der Waals surface area contributed by atoms with Crippen LogP contribution >= 0.6 is 11.3 Å². The summed E-state index contributed by atoms with van der Waals surface area (Å²) in [6.07, 6.45) is -0.964. The number of nitrogens with zero attached hydrogens (tertiary/aromatic N) is 1. The molecule has 5 nitrogen and oxygen atoms in total. The smallest absolute Gasteiger partial charge is 0.351 e. The van der Waals surface area contributed by atoms with Gasteiger partial charge < -0.3 is 10.5 Å². The van der Waals surface area contributed by atoms with E-state index >= 15 is 0 Å². The van der Waals surface area contributed by atoms with E-state index in [4.69, 9.17) is 10.5 Å². The Kier molecular flexibility index (Phi) is 4.14. The maximum Gasteiger partial charge on any atom is 0.351 e. The number of carbonyl (C=O) groups excluding carboxylic acids is 2. The zero-order chi connectivity index (χ0) is 14.7. The summed E-state index contributed by atoms with van der Waals surface area (Å²) in [6.45, 7) is 3.25. The van der Waals surface area contributed by atoms with Crippen LogP contribution in [0.5, 0.6) is 0 Å². The van der Waals surface area contributed by atoms with Crippen molar-refractivity contribution in [3.05, 3.63) is 40.2 Å². The lowest BCUT2D eigenvalue weighted by Gasteiger charge is -2.09. The van der Waals surface area contributed by atoms with Gasteiger partial charge in [0.15, 0.2) is 6.10 Å². The van der Waals surface area contributed by atoms with Crippen molar-refractivity contribution in [2.75, 3.05) is 0 Å². The normalized spacial score (nSPS) is 11.9. The molecule has 0 aliphatic heterocycles. The summed E-state index contributed by atoms with van der Waals surface area (Å²) in [5.74, 6) is -1.26. The molecule has 0 unspecified atom stereocenters. The number of aryl methyl sites for hydroxylation is 1. The zero-order valence-corrected chi connectivity index (χ0v) is 11.9. The molecule has 0 aliphatic carbocycles. The number of aromatic nitrogens is 1. The number of primary amides is 1. The van der Waals surface area contributed by atoms with Gasteiger partial charge in [0.1, 0.15) is 4.88 Å². The Balaban J connectivity index is 2.33. The summed E-state index contributed by atoms with van der Waals surface area (Å²) in [4.78, 5) is 27.8. The van der Waals surface area contributed by atoms with Crippen LogP contribution in [0.25, 0.3) is 11.3 Å². The first-order valence-electron chi connectivity index (χ1n) is 6.02. The lowest BCUT2D eigenvalue weighted by Crippen LogP contribution is -2.30. The van der Waals surface area contributed by atoms with Gasteiger partial charge in [-0.3, -0.25) is 4.79 Å². The Labute approximate surface area is 120 Å². The first-order valence-corrected chi connectivity index (χ1v) is 6.84. The molecule has 1 aromatic heterocycles. The predicted octanol–water partition coefficient (Wildman–Crippen LogP) is 2.15. The van der Waals surface area contributed by atoms with Crippen molar-refractivity contribution in [1.82, 2.24) is 4.98 Å². The van der Waals surface area contributed by atoms with E-state index in [1.165, 1.54) is 18.3 Å². The van der Waals surface area contributed by atoms with Crippen LogP contribution < -0.4 is 5.73 Å². The van der Waals surface area contributed by atoms with Gasteiger partial charge in [-0.25, -0.2) is 9.78 Å². The van der Waals surface area contributed by atoms with Crippen molar-refractivity contribution >= 4 is 23.2 Å².